The molecule has 4 heteroatoms. The summed E-state index contributed by atoms with van der Waals surface area (Å²) in [5.74, 6) is 0.814. The van der Waals surface area contributed by atoms with Crippen LogP contribution in [0.25, 0.3) is 22.4 Å². The zero-order chi connectivity index (χ0) is 11.8. The quantitative estimate of drug-likeness (QED) is 0.669. The topological polar surface area (TPSA) is 72.3 Å². The summed E-state index contributed by atoms with van der Waals surface area (Å²) in [6.07, 6.45) is 1.57. The Labute approximate surface area is 97.3 Å². The van der Waals surface area contributed by atoms with E-state index in [1.54, 1.807) is 42.6 Å². The van der Waals surface area contributed by atoms with Gasteiger partial charge in [0.25, 0.3) is 0 Å². The van der Waals surface area contributed by atoms with Crippen LogP contribution >= 0.6 is 0 Å². The number of fused-ring (bicyclic) bond motifs is 1. The number of hydrogen-bond donors (Lipinski definition) is 2. The molecule has 17 heavy (non-hydrogen) atoms. The molecule has 0 fully saturated rings. The number of nitrogen functional groups attached to an aromatic ring is 1. The molecule has 0 aliphatic rings. The zero-order valence-electron chi connectivity index (χ0n) is 8.92. The Bertz CT molecular complexity index is 671. The summed E-state index contributed by atoms with van der Waals surface area (Å²) in [6, 6.07) is 10.5. The van der Waals surface area contributed by atoms with Gasteiger partial charge in [0, 0.05) is 0 Å². The standard InChI is InChI=1S/C13H10N2O2/c14-8-4-5-10(15-7-8)13-6-9-11(16)2-1-3-12(9)17-13/h1-7,16H,14H2. The minimum atomic E-state index is 0.202. The molecular weight excluding hydrogens is 216 g/mol. The van der Waals surface area contributed by atoms with E-state index in [-0.39, 0.29) is 5.75 Å². The van der Waals surface area contributed by atoms with Gasteiger partial charge in [0.1, 0.15) is 17.0 Å². The number of benzene rings is 1. The van der Waals surface area contributed by atoms with Crippen molar-refractivity contribution in [1.82, 2.24) is 4.98 Å². The van der Waals surface area contributed by atoms with E-state index in [0.29, 0.717) is 28.1 Å². The van der Waals surface area contributed by atoms with Gasteiger partial charge in [0.05, 0.1) is 17.3 Å². The number of phenolic OH excluding ortho intramolecular Hbond substituents is 1. The van der Waals surface area contributed by atoms with E-state index in [0.717, 1.165) is 0 Å². The zero-order valence-corrected chi connectivity index (χ0v) is 8.92. The summed E-state index contributed by atoms with van der Waals surface area (Å²) in [4.78, 5) is 4.17. The van der Waals surface area contributed by atoms with Gasteiger partial charge in [-0.05, 0) is 30.3 Å². The fraction of sp³-hybridized carbons (Fsp3) is 0. The maximum Gasteiger partial charge on any atom is 0.153 e. The van der Waals surface area contributed by atoms with Crippen LogP contribution in [0, 0.1) is 0 Å². The van der Waals surface area contributed by atoms with E-state index in [1.807, 2.05) is 0 Å². The van der Waals surface area contributed by atoms with Crippen molar-refractivity contribution in [3.63, 3.8) is 0 Å². The van der Waals surface area contributed by atoms with Gasteiger partial charge < -0.3 is 15.3 Å². The highest BCUT2D eigenvalue weighted by atomic mass is 16.3. The number of furan rings is 1. The van der Waals surface area contributed by atoms with Crippen molar-refractivity contribution in [2.45, 2.75) is 0 Å². The van der Waals surface area contributed by atoms with Crippen LogP contribution < -0.4 is 5.73 Å². The SMILES string of the molecule is Nc1ccc(-c2cc3c(O)cccc3o2)nc1. The van der Waals surface area contributed by atoms with Crippen LogP contribution in [0.1, 0.15) is 0 Å². The number of rotatable bonds is 1. The van der Waals surface area contributed by atoms with Crippen molar-refractivity contribution in [2.75, 3.05) is 5.73 Å². The third-order valence-corrected chi connectivity index (χ3v) is 2.58. The lowest BCUT2D eigenvalue weighted by Gasteiger charge is -1.95. The molecule has 0 radical (unpaired) electrons. The molecule has 0 saturated heterocycles. The minimum absolute atomic E-state index is 0.202. The Hall–Kier alpha value is -2.49. The van der Waals surface area contributed by atoms with Gasteiger partial charge in [-0.15, -0.1) is 0 Å². The van der Waals surface area contributed by atoms with E-state index in [2.05, 4.69) is 4.98 Å². The lowest BCUT2D eigenvalue weighted by molar-refractivity contribution is 0.481. The molecule has 4 nitrogen and oxygen atoms in total. The van der Waals surface area contributed by atoms with Crippen molar-refractivity contribution in [3.8, 4) is 17.2 Å². The smallest absolute Gasteiger partial charge is 0.153 e. The highest BCUT2D eigenvalue weighted by Gasteiger charge is 2.09. The van der Waals surface area contributed by atoms with Gasteiger partial charge in [-0.2, -0.15) is 0 Å². The van der Waals surface area contributed by atoms with E-state index in [4.69, 9.17) is 10.2 Å². The Morgan fingerprint density at radius 3 is 2.76 bits per heavy atom. The van der Waals surface area contributed by atoms with E-state index < -0.39 is 0 Å². The van der Waals surface area contributed by atoms with Gasteiger partial charge in [-0.1, -0.05) is 6.07 Å². The number of phenols is 1. The third kappa shape index (κ3) is 1.59. The normalized spacial score (nSPS) is 10.8. The number of aromatic nitrogens is 1. The Balaban J connectivity index is 2.18. The van der Waals surface area contributed by atoms with Gasteiger partial charge in [0.2, 0.25) is 0 Å². The van der Waals surface area contributed by atoms with Crippen molar-refractivity contribution in [1.29, 1.82) is 0 Å². The van der Waals surface area contributed by atoms with Crippen molar-refractivity contribution in [2.24, 2.45) is 0 Å². The molecule has 2 aromatic heterocycles. The monoisotopic (exact) mass is 226 g/mol. The Kier molecular flexibility index (Phi) is 2.01. The first-order chi connectivity index (χ1) is 8.24. The van der Waals surface area contributed by atoms with E-state index in [9.17, 15) is 5.11 Å². The summed E-state index contributed by atoms with van der Waals surface area (Å²) in [5, 5.41) is 10.4. The Morgan fingerprint density at radius 1 is 1.18 bits per heavy atom. The molecule has 2 heterocycles. The first-order valence-electron chi connectivity index (χ1n) is 5.17. The van der Waals surface area contributed by atoms with Crippen LogP contribution in [0.2, 0.25) is 0 Å². The van der Waals surface area contributed by atoms with Crippen LogP contribution in [-0.2, 0) is 0 Å². The number of nitrogens with two attached hydrogens (primary N) is 1. The van der Waals surface area contributed by atoms with E-state index in [1.165, 1.54) is 0 Å². The summed E-state index contributed by atoms with van der Waals surface area (Å²) in [6.45, 7) is 0. The fourth-order valence-corrected chi connectivity index (χ4v) is 1.72. The summed E-state index contributed by atoms with van der Waals surface area (Å²) >= 11 is 0. The van der Waals surface area contributed by atoms with Gasteiger partial charge in [-0.25, -0.2) is 0 Å². The van der Waals surface area contributed by atoms with Crippen molar-refractivity contribution >= 4 is 16.7 Å². The number of aromatic hydroxyl groups is 1. The molecule has 0 bridgehead atoms. The van der Waals surface area contributed by atoms with Crippen LogP contribution in [0.15, 0.2) is 47.0 Å². The minimum Gasteiger partial charge on any atom is -0.507 e. The largest absolute Gasteiger partial charge is 0.507 e. The average Bonchev–Trinajstić information content (AvgIpc) is 2.75. The number of nitrogens with zero attached hydrogens (tertiary/aromatic N) is 1. The highest BCUT2D eigenvalue weighted by Crippen LogP contribution is 2.31. The van der Waals surface area contributed by atoms with Crippen LogP contribution in [0.4, 0.5) is 5.69 Å². The number of anilines is 1. The summed E-state index contributed by atoms with van der Waals surface area (Å²) < 4.78 is 5.61. The van der Waals surface area contributed by atoms with Crippen LogP contribution in [0.5, 0.6) is 5.75 Å². The average molecular weight is 226 g/mol. The van der Waals surface area contributed by atoms with Gasteiger partial charge in [0.15, 0.2) is 5.76 Å². The molecule has 0 atom stereocenters. The second-order valence-electron chi connectivity index (χ2n) is 3.78. The predicted molar refractivity (Wildman–Crippen MR) is 65.5 cm³/mol. The van der Waals surface area contributed by atoms with Crippen LogP contribution in [0.3, 0.4) is 0 Å². The highest BCUT2D eigenvalue weighted by molar-refractivity contribution is 5.87. The molecule has 3 aromatic rings. The van der Waals surface area contributed by atoms with Crippen molar-refractivity contribution < 1.29 is 9.52 Å². The molecule has 0 amide bonds. The molecule has 84 valence electrons. The maximum absolute atomic E-state index is 9.68. The summed E-state index contributed by atoms with van der Waals surface area (Å²) in [7, 11) is 0. The molecular formula is C13H10N2O2. The predicted octanol–water partition coefficient (Wildman–Crippen LogP) is 2.78. The molecule has 0 spiro atoms. The molecule has 1 aromatic carbocycles. The molecule has 0 unspecified atom stereocenters. The van der Waals surface area contributed by atoms with Crippen molar-refractivity contribution in [3.05, 3.63) is 42.6 Å². The second kappa shape index (κ2) is 3.52. The Morgan fingerprint density at radius 2 is 2.06 bits per heavy atom. The molecule has 0 aliphatic heterocycles. The fourth-order valence-electron chi connectivity index (χ4n) is 1.72. The molecule has 3 rings (SSSR count). The summed E-state index contributed by atoms with van der Waals surface area (Å²) in [5.41, 5.74) is 7.50. The lowest BCUT2D eigenvalue weighted by atomic mass is 10.2. The first kappa shape index (κ1) is 9.72. The molecule has 0 aliphatic carbocycles. The van der Waals surface area contributed by atoms with Gasteiger partial charge in [-0.3, -0.25) is 4.98 Å². The van der Waals surface area contributed by atoms with Gasteiger partial charge >= 0.3 is 0 Å². The lowest BCUT2D eigenvalue weighted by Crippen LogP contribution is -1.86. The third-order valence-electron chi connectivity index (χ3n) is 2.58. The first-order valence-corrected chi connectivity index (χ1v) is 5.17. The van der Waals surface area contributed by atoms with Crippen LogP contribution in [-0.4, -0.2) is 10.1 Å². The second-order valence-corrected chi connectivity index (χ2v) is 3.78. The number of hydrogen-bond acceptors (Lipinski definition) is 4. The molecule has 0 saturated carbocycles. The molecule has 3 N–H and O–H groups in total. The maximum atomic E-state index is 9.68. The number of pyridine rings is 1. The van der Waals surface area contributed by atoms with E-state index >= 15 is 0 Å².